The van der Waals surface area contributed by atoms with E-state index in [-0.39, 0.29) is 5.91 Å². The van der Waals surface area contributed by atoms with Crippen molar-refractivity contribution in [1.82, 2.24) is 15.2 Å². The van der Waals surface area contributed by atoms with Gasteiger partial charge in [-0.05, 0) is 38.7 Å². The second-order valence-corrected chi connectivity index (χ2v) is 5.83. The van der Waals surface area contributed by atoms with Crippen molar-refractivity contribution in [2.45, 2.75) is 13.5 Å². The van der Waals surface area contributed by atoms with Gasteiger partial charge >= 0.3 is 0 Å². The summed E-state index contributed by atoms with van der Waals surface area (Å²) in [5.41, 5.74) is 3.80. The monoisotopic (exact) mass is 312 g/mol. The van der Waals surface area contributed by atoms with Crippen LogP contribution >= 0.6 is 0 Å². The molecule has 2 aromatic rings. The van der Waals surface area contributed by atoms with Crippen LogP contribution in [0.3, 0.4) is 0 Å². The van der Waals surface area contributed by atoms with Crippen molar-refractivity contribution in [2.75, 3.05) is 32.5 Å². The van der Waals surface area contributed by atoms with Gasteiger partial charge in [0.25, 0.3) is 5.91 Å². The van der Waals surface area contributed by atoms with Crippen LogP contribution in [0, 0.1) is 6.92 Å². The molecule has 0 unspecified atom stereocenters. The first kappa shape index (κ1) is 17.0. The highest BCUT2D eigenvalue weighted by atomic mass is 16.1. The Kier molecular flexibility index (Phi) is 6.11. The molecule has 0 spiro atoms. The summed E-state index contributed by atoms with van der Waals surface area (Å²) in [5, 5.41) is 6.16. The van der Waals surface area contributed by atoms with Gasteiger partial charge in [0.15, 0.2) is 0 Å². The molecular formula is C18H24N4O. The predicted octanol–water partition coefficient (Wildman–Crippen LogP) is 2.29. The van der Waals surface area contributed by atoms with Gasteiger partial charge in [-0.25, -0.2) is 4.98 Å². The van der Waals surface area contributed by atoms with Gasteiger partial charge in [-0.3, -0.25) is 4.79 Å². The minimum Gasteiger partial charge on any atom is -0.380 e. The molecule has 0 saturated heterocycles. The van der Waals surface area contributed by atoms with Crippen molar-refractivity contribution < 1.29 is 4.79 Å². The summed E-state index contributed by atoms with van der Waals surface area (Å²) in [4.78, 5) is 18.2. The largest absolute Gasteiger partial charge is 0.380 e. The van der Waals surface area contributed by atoms with Gasteiger partial charge in [-0.1, -0.05) is 29.8 Å². The van der Waals surface area contributed by atoms with Crippen LogP contribution < -0.4 is 10.6 Å². The Hall–Kier alpha value is -2.40. The molecule has 1 aromatic carbocycles. The molecule has 0 aliphatic carbocycles. The molecule has 0 bridgehead atoms. The lowest BCUT2D eigenvalue weighted by molar-refractivity contribution is 0.0946. The molecule has 2 N–H and O–H groups in total. The molecule has 0 atom stereocenters. The fraction of sp³-hybridized carbons (Fsp3) is 0.333. The average molecular weight is 312 g/mol. The molecule has 1 aromatic heterocycles. The normalized spacial score (nSPS) is 10.6. The van der Waals surface area contributed by atoms with Gasteiger partial charge in [-0.15, -0.1) is 0 Å². The van der Waals surface area contributed by atoms with Crippen molar-refractivity contribution in [3.05, 3.63) is 59.4 Å². The smallest absolute Gasteiger partial charge is 0.269 e. The maximum Gasteiger partial charge on any atom is 0.269 e. The van der Waals surface area contributed by atoms with Crippen molar-refractivity contribution in [1.29, 1.82) is 0 Å². The maximum absolute atomic E-state index is 11.9. The molecule has 5 heteroatoms. The second-order valence-electron chi connectivity index (χ2n) is 5.83. The lowest BCUT2D eigenvalue weighted by atomic mass is 10.1. The van der Waals surface area contributed by atoms with E-state index in [1.54, 1.807) is 12.3 Å². The summed E-state index contributed by atoms with van der Waals surface area (Å²) in [6.45, 7) is 4.23. The van der Waals surface area contributed by atoms with Gasteiger partial charge in [-0.2, -0.15) is 0 Å². The number of anilines is 1. The molecule has 0 radical (unpaired) electrons. The third-order valence-corrected chi connectivity index (χ3v) is 3.42. The number of hydrogen-bond acceptors (Lipinski definition) is 4. The number of nitrogens with one attached hydrogen (secondary N) is 2. The number of aryl methyl sites for hydroxylation is 1. The van der Waals surface area contributed by atoms with Crippen molar-refractivity contribution in [3.63, 3.8) is 0 Å². The van der Waals surface area contributed by atoms with E-state index in [0.717, 1.165) is 18.8 Å². The van der Waals surface area contributed by atoms with Gasteiger partial charge in [0, 0.05) is 19.6 Å². The number of carbonyl (C=O) groups excluding carboxylic acids is 1. The first-order valence-electron chi connectivity index (χ1n) is 7.73. The van der Waals surface area contributed by atoms with E-state index >= 15 is 0 Å². The van der Waals surface area contributed by atoms with Crippen LogP contribution in [-0.4, -0.2) is 43.0 Å². The minimum atomic E-state index is -0.142. The van der Waals surface area contributed by atoms with Gasteiger partial charge in [0.1, 0.15) is 5.69 Å². The van der Waals surface area contributed by atoms with Crippen LogP contribution in [0.1, 0.15) is 21.6 Å². The molecule has 0 aliphatic rings. The summed E-state index contributed by atoms with van der Waals surface area (Å²) < 4.78 is 0. The highest BCUT2D eigenvalue weighted by Gasteiger charge is 2.06. The average Bonchev–Trinajstić information content (AvgIpc) is 2.53. The Bertz CT molecular complexity index is 638. The fourth-order valence-electron chi connectivity index (χ4n) is 2.14. The van der Waals surface area contributed by atoms with Crippen molar-refractivity contribution in [3.8, 4) is 0 Å². The molecule has 5 nitrogen and oxygen atoms in total. The van der Waals surface area contributed by atoms with E-state index in [9.17, 15) is 4.79 Å². The second kappa shape index (κ2) is 8.29. The van der Waals surface area contributed by atoms with Crippen LogP contribution in [0.15, 0.2) is 42.6 Å². The highest BCUT2D eigenvalue weighted by molar-refractivity contribution is 5.92. The summed E-state index contributed by atoms with van der Waals surface area (Å²) in [6.07, 6.45) is 1.69. The number of benzene rings is 1. The van der Waals surface area contributed by atoms with Crippen molar-refractivity contribution in [2.24, 2.45) is 0 Å². The molecule has 2 rings (SSSR count). The Morgan fingerprint density at radius 3 is 2.70 bits per heavy atom. The van der Waals surface area contributed by atoms with E-state index in [1.165, 1.54) is 11.1 Å². The van der Waals surface area contributed by atoms with Crippen LogP contribution in [0.25, 0.3) is 0 Å². The van der Waals surface area contributed by atoms with Crippen molar-refractivity contribution >= 4 is 11.6 Å². The Morgan fingerprint density at radius 1 is 1.22 bits per heavy atom. The lowest BCUT2D eigenvalue weighted by Crippen LogP contribution is -2.31. The fourth-order valence-corrected chi connectivity index (χ4v) is 2.14. The van der Waals surface area contributed by atoms with E-state index in [2.05, 4.69) is 40.7 Å². The number of aromatic nitrogens is 1. The Labute approximate surface area is 137 Å². The SMILES string of the molecule is Cc1cccc(CNc2ccc(C(=O)NCCN(C)C)nc2)c1. The number of amides is 1. The molecule has 1 amide bonds. The summed E-state index contributed by atoms with van der Waals surface area (Å²) in [6, 6.07) is 12.0. The third-order valence-electron chi connectivity index (χ3n) is 3.42. The summed E-state index contributed by atoms with van der Waals surface area (Å²) in [5.74, 6) is -0.142. The molecular weight excluding hydrogens is 288 g/mol. The molecule has 1 heterocycles. The molecule has 122 valence electrons. The zero-order valence-corrected chi connectivity index (χ0v) is 14.0. The summed E-state index contributed by atoms with van der Waals surface area (Å²) >= 11 is 0. The van der Waals surface area contributed by atoms with Crippen LogP contribution in [0.4, 0.5) is 5.69 Å². The molecule has 0 saturated carbocycles. The zero-order valence-electron chi connectivity index (χ0n) is 14.0. The number of carbonyl (C=O) groups is 1. The van der Waals surface area contributed by atoms with Crippen LogP contribution in [0.2, 0.25) is 0 Å². The van der Waals surface area contributed by atoms with E-state index in [4.69, 9.17) is 0 Å². The van der Waals surface area contributed by atoms with E-state index in [1.807, 2.05) is 31.1 Å². The van der Waals surface area contributed by atoms with Gasteiger partial charge in [0.05, 0.1) is 11.9 Å². The standard InChI is InChI=1S/C18H24N4O/c1-14-5-4-6-15(11-14)12-20-16-7-8-17(21-13-16)18(23)19-9-10-22(2)3/h4-8,11,13,20H,9-10,12H2,1-3H3,(H,19,23). The van der Waals surface area contributed by atoms with Gasteiger partial charge in [0.2, 0.25) is 0 Å². The zero-order chi connectivity index (χ0) is 16.7. The highest BCUT2D eigenvalue weighted by Crippen LogP contribution is 2.10. The minimum absolute atomic E-state index is 0.142. The molecule has 23 heavy (non-hydrogen) atoms. The number of nitrogens with zero attached hydrogens (tertiary/aromatic N) is 2. The maximum atomic E-state index is 11.9. The summed E-state index contributed by atoms with van der Waals surface area (Å²) in [7, 11) is 3.94. The lowest BCUT2D eigenvalue weighted by Gasteiger charge is -2.10. The first-order chi connectivity index (χ1) is 11.0. The number of likely N-dealkylation sites (N-methyl/N-ethyl adjacent to an activating group) is 1. The third kappa shape index (κ3) is 5.71. The Morgan fingerprint density at radius 2 is 2.04 bits per heavy atom. The quantitative estimate of drug-likeness (QED) is 0.823. The predicted molar refractivity (Wildman–Crippen MR) is 93.6 cm³/mol. The molecule has 0 fully saturated rings. The number of hydrogen-bond donors (Lipinski definition) is 2. The Balaban J connectivity index is 1.85. The number of pyridine rings is 1. The van der Waals surface area contributed by atoms with Crippen LogP contribution in [0.5, 0.6) is 0 Å². The van der Waals surface area contributed by atoms with E-state index < -0.39 is 0 Å². The van der Waals surface area contributed by atoms with E-state index in [0.29, 0.717) is 12.2 Å². The van der Waals surface area contributed by atoms with Gasteiger partial charge < -0.3 is 15.5 Å². The number of rotatable bonds is 7. The topological polar surface area (TPSA) is 57.3 Å². The van der Waals surface area contributed by atoms with Crippen LogP contribution in [-0.2, 0) is 6.54 Å². The first-order valence-corrected chi connectivity index (χ1v) is 7.73. The molecule has 0 aliphatic heterocycles.